The Morgan fingerprint density at radius 1 is 0.706 bits per heavy atom. The summed E-state index contributed by atoms with van der Waals surface area (Å²) in [4.78, 5) is 14.0. The number of fused-ring (bicyclic) bond motifs is 5. The van der Waals surface area contributed by atoms with Gasteiger partial charge in [0.1, 0.15) is 5.52 Å². The van der Waals surface area contributed by atoms with Gasteiger partial charge in [0.15, 0.2) is 5.58 Å². The van der Waals surface area contributed by atoms with Gasteiger partial charge in [-0.3, -0.25) is 14.5 Å². The lowest BCUT2D eigenvalue weighted by Gasteiger charge is -2.12. The summed E-state index contributed by atoms with van der Waals surface area (Å²) in [5.41, 5.74) is 8.19. The molecule has 0 unspecified atom stereocenters. The number of benzene rings is 2. The first kappa shape index (κ1) is 18.8. The van der Waals surface area contributed by atoms with Crippen molar-refractivity contribution in [1.29, 1.82) is 0 Å². The molecule has 0 aliphatic heterocycles. The van der Waals surface area contributed by atoms with Crippen molar-refractivity contribution in [2.45, 2.75) is 0 Å². The van der Waals surface area contributed by atoms with Crippen LogP contribution in [-0.4, -0.2) is 19.5 Å². The largest absolute Gasteiger partial charge is 0.437 e. The number of furan rings is 1. The van der Waals surface area contributed by atoms with Crippen LogP contribution in [0.1, 0.15) is 0 Å². The molecule has 160 valence electrons. The van der Waals surface area contributed by atoms with Crippen LogP contribution in [0.5, 0.6) is 0 Å². The number of nitrogens with zero attached hydrogens (tertiary/aromatic N) is 4. The predicted molar refractivity (Wildman–Crippen MR) is 135 cm³/mol. The van der Waals surface area contributed by atoms with Gasteiger partial charge in [0, 0.05) is 28.9 Å². The Labute approximate surface area is 195 Å². The maximum Gasteiger partial charge on any atom is 0.215 e. The molecule has 0 N–H and O–H groups in total. The van der Waals surface area contributed by atoms with E-state index >= 15 is 0 Å². The lowest BCUT2D eigenvalue weighted by molar-refractivity contribution is 0.644. The molecule has 0 saturated heterocycles. The fourth-order valence-electron chi connectivity index (χ4n) is 4.62. The number of aromatic nitrogens is 4. The van der Waals surface area contributed by atoms with Gasteiger partial charge in [0.05, 0.1) is 34.2 Å². The third kappa shape index (κ3) is 2.84. The molecule has 7 aromatic rings. The SMILES string of the molecule is c1ccc(-c2cc(-n3c4cnccc4c4c5ncccc5oc43)cc(-c3ccccc3)n2)cc1. The molecule has 2 aromatic carbocycles. The van der Waals surface area contributed by atoms with Crippen molar-refractivity contribution in [3.63, 3.8) is 0 Å². The van der Waals surface area contributed by atoms with Crippen molar-refractivity contribution in [3.8, 4) is 28.2 Å². The molecule has 0 fully saturated rings. The zero-order valence-electron chi connectivity index (χ0n) is 18.1. The highest BCUT2D eigenvalue weighted by atomic mass is 16.3. The fourth-order valence-corrected chi connectivity index (χ4v) is 4.62. The van der Waals surface area contributed by atoms with Crippen LogP contribution in [0.15, 0.2) is 114 Å². The highest BCUT2D eigenvalue weighted by molar-refractivity contribution is 6.18. The van der Waals surface area contributed by atoms with Crippen LogP contribution < -0.4 is 0 Å². The summed E-state index contributed by atoms with van der Waals surface area (Å²) in [6.45, 7) is 0. The van der Waals surface area contributed by atoms with E-state index in [1.807, 2.05) is 67.0 Å². The molecule has 0 aliphatic carbocycles. The minimum absolute atomic E-state index is 0.751. The Bertz CT molecular complexity index is 1740. The first-order valence-corrected chi connectivity index (χ1v) is 11.1. The van der Waals surface area contributed by atoms with Crippen molar-refractivity contribution in [2.24, 2.45) is 0 Å². The summed E-state index contributed by atoms with van der Waals surface area (Å²) in [5, 5.41) is 2.05. The van der Waals surface area contributed by atoms with Crippen molar-refractivity contribution in [3.05, 3.63) is 110 Å². The van der Waals surface area contributed by atoms with Gasteiger partial charge in [-0.25, -0.2) is 4.98 Å². The van der Waals surface area contributed by atoms with Gasteiger partial charge in [-0.05, 0) is 30.3 Å². The predicted octanol–water partition coefficient (Wildman–Crippen LogP) is 7.05. The Balaban J connectivity index is 1.59. The van der Waals surface area contributed by atoms with E-state index in [0.29, 0.717) is 0 Å². The number of rotatable bonds is 3. The Morgan fingerprint density at radius 3 is 2.12 bits per heavy atom. The van der Waals surface area contributed by atoms with E-state index in [9.17, 15) is 0 Å². The second kappa shape index (κ2) is 7.39. The Hall–Kier alpha value is -4.77. The molecule has 0 amide bonds. The van der Waals surface area contributed by atoms with Crippen LogP contribution in [0.25, 0.3) is 61.3 Å². The summed E-state index contributed by atoms with van der Waals surface area (Å²) in [5.74, 6) is 0. The second-order valence-electron chi connectivity index (χ2n) is 8.19. The summed E-state index contributed by atoms with van der Waals surface area (Å²) in [6, 6.07) is 30.6. The van der Waals surface area contributed by atoms with E-state index < -0.39 is 0 Å². The average Bonchev–Trinajstić information content (AvgIpc) is 3.44. The number of hydrogen-bond donors (Lipinski definition) is 0. The van der Waals surface area contributed by atoms with Gasteiger partial charge in [-0.1, -0.05) is 60.7 Å². The van der Waals surface area contributed by atoms with E-state index in [4.69, 9.17) is 9.40 Å². The molecule has 34 heavy (non-hydrogen) atoms. The van der Waals surface area contributed by atoms with Crippen LogP contribution in [0.3, 0.4) is 0 Å². The molecule has 5 heterocycles. The lowest BCUT2D eigenvalue weighted by Crippen LogP contribution is -1.98. The summed E-state index contributed by atoms with van der Waals surface area (Å²) in [7, 11) is 0. The van der Waals surface area contributed by atoms with Crippen molar-refractivity contribution < 1.29 is 4.42 Å². The smallest absolute Gasteiger partial charge is 0.215 e. The Kier molecular flexibility index (Phi) is 4.08. The molecular weight excluding hydrogens is 420 g/mol. The van der Waals surface area contributed by atoms with Crippen molar-refractivity contribution in [1.82, 2.24) is 19.5 Å². The second-order valence-corrected chi connectivity index (χ2v) is 8.19. The highest BCUT2D eigenvalue weighted by Gasteiger charge is 2.21. The van der Waals surface area contributed by atoms with Crippen LogP contribution in [0.2, 0.25) is 0 Å². The summed E-state index contributed by atoms with van der Waals surface area (Å²) in [6.07, 6.45) is 5.49. The van der Waals surface area contributed by atoms with Gasteiger partial charge < -0.3 is 4.42 Å². The Morgan fingerprint density at radius 2 is 1.41 bits per heavy atom. The topological polar surface area (TPSA) is 56.7 Å². The normalized spacial score (nSPS) is 11.5. The quantitative estimate of drug-likeness (QED) is 0.297. The van der Waals surface area contributed by atoms with Gasteiger partial charge in [0.25, 0.3) is 0 Å². The zero-order chi connectivity index (χ0) is 22.5. The minimum Gasteiger partial charge on any atom is -0.437 e. The molecule has 7 rings (SSSR count). The molecule has 0 bridgehead atoms. The fraction of sp³-hybridized carbons (Fsp3) is 0. The average molecular weight is 438 g/mol. The van der Waals surface area contributed by atoms with E-state index in [2.05, 4.69) is 50.9 Å². The maximum atomic E-state index is 6.37. The van der Waals surface area contributed by atoms with Crippen LogP contribution in [-0.2, 0) is 0 Å². The lowest BCUT2D eigenvalue weighted by atomic mass is 10.1. The molecule has 0 saturated carbocycles. The van der Waals surface area contributed by atoms with Gasteiger partial charge in [0.2, 0.25) is 5.71 Å². The van der Waals surface area contributed by atoms with Crippen LogP contribution >= 0.6 is 0 Å². The molecular formula is C29H18N4O. The molecule has 0 radical (unpaired) electrons. The minimum atomic E-state index is 0.751. The third-order valence-corrected chi connectivity index (χ3v) is 6.15. The molecule has 5 nitrogen and oxygen atoms in total. The third-order valence-electron chi connectivity index (χ3n) is 6.15. The van der Waals surface area contributed by atoms with Crippen molar-refractivity contribution in [2.75, 3.05) is 0 Å². The van der Waals surface area contributed by atoms with Crippen LogP contribution in [0, 0.1) is 0 Å². The van der Waals surface area contributed by atoms with E-state index in [1.54, 1.807) is 6.20 Å². The van der Waals surface area contributed by atoms with Gasteiger partial charge in [-0.15, -0.1) is 0 Å². The standard InChI is InChI=1S/C29H18N4O/c1-3-8-19(9-4-1)23-16-21(17-24(32-23)20-10-5-2-6-11-20)33-25-18-30-15-13-22(25)27-28-26(34-29(27)33)12-7-14-31-28/h1-18H. The number of hydrogen-bond acceptors (Lipinski definition) is 4. The van der Waals surface area contributed by atoms with Crippen LogP contribution in [0.4, 0.5) is 0 Å². The van der Waals surface area contributed by atoms with Gasteiger partial charge >= 0.3 is 0 Å². The molecule has 0 aliphatic rings. The zero-order valence-corrected chi connectivity index (χ0v) is 18.1. The monoisotopic (exact) mass is 438 g/mol. The van der Waals surface area contributed by atoms with E-state index in [-0.39, 0.29) is 0 Å². The highest BCUT2D eigenvalue weighted by Crippen LogP contribution is 2.38. The molecule has 0 atom stereocenters. The van der Waals surface area contributed by atoms with Gasteiger partial charge in [-0.2, -0.15) is 0 Å². The first-order chi connectivity index (χ1) is 16.9. The summed E-state index contributed by atoms with van der Waals surface area (Å²) < 4.78 is 8.49. The number of pyridine rings is 3. The van der Waals surface area contributed by atoms with Crippen molar-refractivity contribution >= 4 is 33.1 Å². The van der Waals surface area contributed by atoms with E-state index in [1.165, 1.54) is 0 Å². The summed E-state index contributed by atoms with van der Waals surface area (Å²) >= 11 is 0. The van der Waals surface area contributed by atoms with E-state index in [0.717, 1.165) is 61.3 Å². The molecule has 5 heteroatoms. The molecule has 5 aromatic heterocycles. The first-order valence-electron chi connectivity index (χ1n) is 11.1. The molecule has 0 spiro atoms. The maximum absolute atomic E-state index is 6.37.